The van der Waals surface area contributed by atoms with Gasteiger partial charge >= 0.3 is 5.97 Å². The van der Waals surface area contributed by atoms with Gasteiger partial charge in [0.2, 0.25) is 0 Å². The number of unbranched alkanes of at least 4 members (excludes halogenated alkanes) is 7. The molecule has 0 aromatic heterocycles. The van der Waals surface area contributed by atoms with Crippen molar-refractivity contribution in [3.8, 4) is 0 Å². The van der Waals surface area contributed by atoms with Crippen molar-refractivity contribution in [2.75, 3.05) is 6.61 Å². The molecule has 1 radical (unpaired) electrons. The fourth-order valence-electron chi connectivity index (χ4n) is 4.04. The molecule has 0 amide bonds. The normalized spacial score (nSPS) is 19.5. The molecule has 1 rings (SSSR count). The lowest BCUT2D eigenvalue weighted by Crippen LogP contribution is -2.48. The van der Waals surface area contributed by atoms with Gasteiger partial charge in [-0.15, -0.1) is 10.3 Å². The van der Waals surface area contributed by atoms with Gasteiger partial charge in [0.15, 0.2) is 0 Å². The zero-order chi connectivity index (χ0) is 19.1. The summed E-state index contributed by atoms with van der Waals surface area (Å²) in [7, 11) is 0. The average molecular weight is 353 g/mol. The number of hydrogen-bond donors (Lipinski definition) is 0. The number of hydroxylamine groups is 2. The molecule has 0 saturated heterocycles. The van der Waals surface area contributed by atoms with E-state index in [9.17, 15) is 10.0 Å². The molecular weight excluding hydrogens is 314 g/mol. The van der Waals surface area contributed by atoms with Crippen LogP contribution in [-0.4, -0.2) is 28.7 Å². The van der Waals surface area contributed by atoms with Crippen molar-refractivity contribution in [2.45, 2.75) is 110 Å². The summed E-state index contributed by atoms with van der Waals surface area (Å²) < 4.78 is 5.25. The summed E-state index contributed by atoms with van der Waals surface area (Å²) in [5.41, 5.74) is 0.0760. The van der Waals surface area contributed by atoms with Crippen LogP contribution in [0.2, 0.25) is 0 Å². The van der Waals surface area contributed by atoms with Crippen LogP contribution in [0.3, 0.4) is 0 Å². The molecule has 0 atom stereocenters. The van der Waals surface area contributed by atoms with Crippen molar-refractivity contribution in [2.24, 2.45) is 0 Å². The van der Waals surface area contributed by atoms with Gasteiger partial charge in [0.05, 0.1) is 23.3 Å². The van der Waals surface area contributed by atoms with Crippen molar-refractivity contribution in [3.63, 3.8) is 0 Å². The smallest absolute Gasteiger partial charge is 0.335 e. The molecule has 0 saturated carbocycles. The van der Waals surface area contributed by atoms with E-state index in [1.807, 2.05) is 27.7 Å². The summed E-state index contributed by atoms with van der Waals surface area (Å²) in [6, 6.07) is 0. The van der Waals surface area contributed by atoms with Crippen molar-refractivity contribution >= 4 is 5.97 Å². The molecule has 0 spiro atoms. The van der Waals surface area contributed by atoms with Crippen LogP contribution in [0.15, 0.2) is 11.1 Å². The van der Waals surface area contributed by atoms with Crippen LogP contribution >= 0.6 is 0 Å². The van der Waals surface area contributed by atoms with E-state index in [-0.39, 0.29) is 5.97 Å². The molecule has 25 heavy (non-hydrogen) atoms. The maximum Gasteiger partial charge on any atom is 0.335 e. The summed E-state index contributed by atoms with van der Waals surface area (Å²) in [6.45, 7) is 11.9. The first-order chi connectivity index (χ1) is 11.7. The Balaban J connectivity index is 2.70. The van der Waals surface area contributed by atoms with Gasteiger partial charge in [0.25, 0.3) is 0 Å². The quantitative estimate of drug-likeness (QED) is 0.359. The first kappa shape index (κ1) is 22.2. The van der Waals surface area contributed by atoms with E-state index in [4.69, 9.17) is 4.74 Å². The van der Waals surface area contributed by atoms with Crippen LogP contribution < -0.4 is 0 Å². The summed E-state index contributed by atoms with van der Waals surface area (Å²) in [5.74, 6) is -0.325. The van der Waals surface area contributed by atoms with Gasteiger partial charge in [0.1, 0.15) is 0 Å². The lowest BCUT2D eigenvalue weighted by molar-refractivity contribution is -0.241. The van der Waals surface area contributed by atoms with E-state index in [1.165, 1.54) is 38.5 Å². The van der Waals surface area contributed by atoms with Gasteiger partial charge in [-0.1, -0.05) is 51.9 Å². The highest BCUT2D eigenvalue weighted by molar-refractivity contribution is 5.93. The van der Waals surface area contributed by atoms with Gasteiger partial charge < -0.3 is 4.74 Å². The number of nitrogens with zero attached hydrogens (tertiary/aromatic N) is 1. The van der Waals surface area contributed by atoms with Gasteiger partial charge in [-0.05, 0) is 53.0 Å². The topological polar surface area (TPSA) is 49.4 Å². The van der Waals surface area contributed by atoms with Crippen molar-refractivity contribution in [1.29, 1.82) is 0 Å². The van der Waals surface area contributed by atoms with E-state index in [1.54, 1.807) is 6.92 Å². The van der Waals surface area contributed by atoms with E-state index in [0.717, 1.165) is 29.9 Å². The number of ether oxygens (including phenoxy) is 1. The van der Waals surface area contributed by atoms with E-state index in [0.29, 0.717) is 12.2 Å². The van der Waals surface area contributed by atoms with Gasteiger partial charge in [-0.2, -0.15) is 0 Å². The van der Waals surface area contributed by atoms with Crippen LogP contribution in [0.1, 0.15) is 99.3 Å². The van der Waals surface area contributed by atoms with Gasteiger partial charge in [0, 0.05) is 0 Å². The second-order valence-corrected chi connectivity index (χ2v) is 8.21. The maximum atomic E-state index is 12.8. The number of rotatable bonds is 11. The molecule has 4 nitrogen and oxygen atoms in total. The predicted molar refractivity (Wildman–Crippen MR) is 102 cm³/mol. The van der Waals surface area contributed by atoms with E-state index >= 15 is 0 Å². The Morgan fingerprint density at radius 3 is 1.92 bits per heavy atom. The summed E-state index contributed by atoms with van der Waals surface area (Å²) in [5, 5.41) is 13.9. The highest BCUT2D eigenvalue weighted by atomic mass is 16.5. The summed E-state index contributed by atoms with van der Waals surface area (Å²) >= 11 is 0. The van der Waals surface area contributed by atoms with Crippen LogP contribution in [0.25, 0.3) is 0 Å². The molecule has 0 fully saturated rings. The Morgan fingerprint density at radius 1 is 0.880 bits per heavy atom. The minimum absolute atomic E-state index is 0.325. The predicted octanol–water partition coefficient (Wildman–Crippen LogP) is 5.60. The third-order valence-electron chi connectivity index (χ3n) is 5.43. The van der Waals surface area contributed by atoms with Crippen molar-refractivity contribution in [1.82, 2.24) is 5.06 Å². The van der Waals surface area contributed by atoms with Crippen LogP contribution in [0.4, 0.5) is 0 Å². The second kappa shape index (κ2) is 9.72. The molecule has 0 bridgehead atoms. The summed E-state index contributed by atoms with van der Waals surface area (Å²) in [6.07, 6.45) is 10.8. The largest absolute Gasteiger partial charge is 0.463 e. The Kier molecular flexibility index (Phi) is 8.62. The Labute approximate surface area is 154 Å². The number of hydrogen-bond acceptors (Lipinski definition) is 3. The third kappa shape index (κ3) is 5.30. The first-order valence-corrected chi connectivity index (χ1v) is 10.1. The Hall–Kier alpha value is -0.870. The zero-order valence-corrected chi connectivity index (χ0v) is 17.2. The molecular formula is C21H38NO3. The highest BCUT2D eigenvalue weighted by Crippen LogP contribution is 2.46. The molecule has 0 aliphatic carbocycles. The molecule has 0 aromatic rings. The van der Waals surface area contributed by atoms with E-state index < -0.39 is 11.1 Å². The van der Waals surface area contributed by atoms with Crippen molar-refractivity contribution in [3.05, 3.63) is 11.1 Å². The SMILES string of the molecule is CCCCCCCCCCC1=C(C(=O)OCC)C(C)(C)N([O])C1(C)C. The number of carbonyl (C=O) groups excluding carboxylic acids is 1. The maximum absolute atomic E-state index is 12.8. The molecule has 1 aliphatic heterocycles. The average Bonchev–Trinajstić information content (AvgIpc) is 2.67. The van der Waals surface area contributed by atoms with E-state index in [2.05, 4.69) is 6.92 Å². The van der Waals surface area contributed by atoms with Gasteiger partial charge in [-0.25, -0.2) is 4.79 Å². The number of carbonyl (C=O) groups is 1. The second-order valence-electron chi connectivity index (χ2n) is 8.21. The molecule has 145 valence electrons. The lowest BCUT2D eigenvalue weighted by Gasteiger charge is -2.34. The monoisotopic (exact) mass is 352 g/mol. The molecule has 1 heterocycles. The standard InChI is InChI=1S/C21H38NO3/c1-7-9-10-11-12-13-14-15-16-17-18(19(23)25-8-2)21(5,6)22(24)20(17,3)4/h7-16H2,1-6H3. The molecule has 0 N–H and O–H groups in total. The minimum atomic E-state index is -0.828. The Morgan fingerprint density at radius 2 is 1.40 bits per heavy atom. The minimum Gasteiger partial charge on any atom is -0.463 e. The molecule has 0 aromatic carbocycles. The fraction of sp³-hybridized carbons (Fsp3) is 0.857. The lowest BCUT2D eigenvalue weighted by atomic mass is 9.87. The third-order valence-corrected chi connectivity index (χ3v) is 5.43. The molecule has 4 heteroatoms. The van der Waals surface area contributed by atoms with Crippen molar-refractivity contribution < 1.29 is 14.7 Å². The zero-order valence-electron chi connectivity index (χ0n) is 17.2. The summed E-state index contributed by atoms with van der Waals surface area (Å²) in [4.78, 5) is 12.5. The van der Waals surface area contributed by atoms with Crippen LogP contribution in [-0.2, 0) is 14.7 Å². The van der Waals surface area contributed by atoms with Crippen LogP contribution in [0, 0.1) is 0 Å². The first-order valence-electron chi connectivity index (χ1n) is 10.1. The highest BCUT2D eigenvalue weighted by Gasteiger charge is 2.54. The molecule has 0 unspecified atom stereocenters. The number of esters is 1. The fourth-order valence-corrected chi connectivity index (χ4v) is 4.04. The molecule has 1 aliphatic rings. The van der Waals surface area contributed by atoms with Gasteiger partial charge in [-0.3, -0.25) is 0 Å². The van der Waals surface area contributed by atoms with Crippen LogP contribution in [0.5, 0.6) is 0 Å². The Bertz CT molecular complexity index is 466.